The molecular weight excluding hydrogens is 313 g/mol. The number of ether oxygens (including phenoxy) is 1. The zero-order valence-electron chi connectivity index (χ0n) is 9.03. The Morgan fingerprint density at radius 2 is 2.39 bits per heavy atom. The van der Waals surface area contributed by atoms with E-state index in [0.717, 1.165) is 4.57 Å². The molecule has 0 bridgehead atoms. The number of alkyl halides is 2. The van der Waals surface area contributed by atoms with Crippen molar-refractivity contribution in [1.82, 2.24) is 9.55 Å². The number of nitrogens with two attached hydrogens (primary N) is 1. The largest absolute Gasteiger partial charge is 0.394 e. The summed E-state index contributed by atoms with van der Waals surface area (Å²) < 4.78 is 17.8. The van der Waals surface area contributed by atoms with Gasteiger partial charge < -0.3 is 20.7 Å². The van der Waals surface area contributed by atoms with E-state index in [0.29, 0.717) is 0 Å². The topological polar surface area (TPSA) is 111 Å². The number of anilines is 1. The van der Waals surface area contributed by atoms with Crippen LogP contribution in [0.3, 0.4) is 0 Å². The van der Waals surface area contributed by atoms with Gasteiger partial charge in [-0.2, -0.15) is 4.98 Å². The van der Waals surface area contributed by atoms with E-state index in [1.807, 2.05) is 0 Å². The third-order valence-corrected chi connectivity index (χ3v) is 3.52. The van der Waals surface area contributed by atoms with Gasteiger partial charge in [0, 0.05) is 6.20 Å². The van der Waals surface area contributed by atoms with Gasteiger partial charge in [-0.1, -0.05) is 0 Å². The lowest BCUT2D eigenvalue weighted by Gasteiger charge is -2.22. The number of nitrogens with zero attached hydrogens (tertiary/aromatic N) is 2. The van der Waals surface area contributed by atoms with Crippen molar-refractivity contribution in [3.05, 3.63) is 22.7 Å². The lowest BCUT2D eigenvalue weighted by Crippen LogP contribution is -2.40. The van der Waals surface area contributed by atoms with Crippen LogP contribution in [-0.4, -0.2) is 43.2 Å². The van der Waals surface area contributed by atoms with Crippen molar-refractivity contribution in [3.63, 3.8) is 0 Å². The van der Waals surface area contributed by atoms with Crippen molar-refractivity contribution in [2.45, 2.75) is 23.0 Å². The van der Waals surface area contributed by atoms with E-state index in [-0.39, 0.29) is 5.82 Å². The summed E-state index contributed by atoms with van der Waals surface area (Å²) in [6.07, 6.45) is -2.98. The molecule has 2 heterocycles. The summed E-state index contributed by atoms with van der Waals surface area (Å²) in [5.74, 6) is -0.00691. The highest BCUT2D eigenvalue weighted by Gasteiger charge is 2.56. The highest BCUT2D eigenvalue weighted by Crippen LogP contribution is 2.45. The molecule has 18 heavy (non-hydrogen) atoms. The average Bonchev–Trinajstić information content (AvgIpc) is 2.52. The third kappa shape index (κ3) is 2.03. The fourth-order valence-electron chi connectivity index (χ4n) is 1.72. The van der Waals surface area contributed by atoms with Gasteiger partial charge in [0.05, 0.1) is 6.61 Å². The van der Waals surface area contributed by atoms with Crippen LogP contribution in [0.4, 0.5) is 10.2 Å². The van der Waals surface area contributed by atoms with Gasteiger partial charge in [0.25, 0.3) is 0 Å². The predicted molar refractivity (Wildman–Crippen MR) is 62.7 cm³/mol. The molecule has 7 nitrogen and oxygen atoms in total. The number of rotatable bonds is 2. The minimum atomic E-state index is -2.40. The Balaban J connectivity index is 2.42. The van der Waals surface area contributed by atoms with Crippen molar-refractivity contribution in [2.24, 2.45) is 0 Å². The molecular formula is C9H11BrFN3O4. The second-order valence-electron chi connectivity index (χ2n) is 3.87. The maximum atomic E-state index is 14.3. The fourth-order valence-corrected chi connectivity index (χ4v) is 2.35. The van der Waals surface area contributed by atoms with Crippen LogP contribution < -0.4 is 11.4 Å². The normalized spacial score (nSPS) is 35.9. The van der Waals surface area contributed by atoms with Gasteiger partial charge in [-0.25, -0.2) is 9.18 Å². The lowest BCUT2D eigenvalue weighted by atomic mass is 10.1. The second kappa shape index (κ2) is 4.57. The van der Waals surface area contributed by atoms with Gasteiger partial charge in [0.1, 0.15) is 18.0 Å². The Morgan fingerprint density at radius 3 is 2.89 bits per heavy atom. The van der Waals surface area contributed by atoms with Crippen LogP contribution in [-0.2, 0) is 4.74 Å². The quantitative estimate of drug-likeness (QED) is 0.611. The third-order valence-electron chi connectivity index (χ3n) is 2.66. The SMILES string of the molecule is Nc1ccn([C@@H]2O[C@H](CO)[C@@H](O)[C@]2(F)Br)c(=O)n1. The molecule has 1 aliphatic rings. The van der Waals surface area contributed by atoms with Gasteiger partial charge >= 0.3 is 5.69 Å². The molecule has 0 unspecified atom stereocenters. The molecule has 4 N–H and O–H groups in total. The van der Waals surface area contributed by atoms with Crippen LogP contribution in [0.1, 0.15) is 6.23 Å². The van der Waals surface area contributed by atoms with Gasteiger partial charge in [-0.15, -0.1) is 0 Å². The molecule has 0 radical (unpaired) electrons. The zero-order valence-corrected chi connectivity index (χ0v) is 10.6. The molecule has 1 aliphatic heterocycles. The number of aromatic nitrogens is 2. The predicted octanol–water partition coefficient (Wildman–Crippen LogP) is -0.863. The summed E-state index contributed by atoms with van der Waals surface area (Å²) in [5, 5.41) is 18.6. The van der Waals surface area contributed by atoms with Crippen LogP contribution in [0.5, 0.6) is 0 Å². The molecule has 2 rings (SSSR count). The molecule has 1 aromatic heterocycles. The Morgan fingerprint density at radius 1 is 1.72 bits per heavy atom. The van der Waals surface area contributed by atoms with Crippen LogP contribution in [0.2, 0.25) is 0 Å². The molecule has 100 valence electrons. The lowest BCUT2D eigenvalue weighted by molar-refractivity contribution is -0.0506. The Bertz CT molecular complexity index is 509. The van der Waals surface area contributed by atoms with E-state index in [4.69, 9.17) is 15.6 Å². The number of hydrogen-bond acceptors (Lipinski definition) is 6. The fraction of sp³-hybridized carbons (Fsp3) is 0.556. The van der Waals surface area contributed by atoms with Crippen LogP contribution in [0.25, 0.3) is 0 Å². The van der Waals surface area contributed by atoms with E-state index < -0.39 is 35.3 Å². The number of aliphatic hydroxyl groups is 2. The second-order valence-corrected chi connectivity index (χ2v) is 5.09. The molecule has 1 saturated heterocycles. The molecule has 0 aromatic carbocycles. The summed E-state index contributed by atoms with van der Waals surface area (Å²) in [7, 11) is 0. The van der Waals surface area contributed by atoms with Crippen LogP contribution in [0.15, 0.2) is 17.1 Å². The number of halogens is 2. The number of aliphatic hydroxyl groups excluding tert-OH is 2. The van der Waals surface area contributed by atoms with E-state index in [9.17, 15) is 14.3 Å². The first-order valence-corrected chi connectivity index (χ1v) is 5.84. The molecule has 4 atom stereocenters. The van der Waals surface area contributed by atoms with E-state index in [2.05, 4.69) is 20.9 Å². The highest BCUT2D eigenvalue weighted by atomic mass is 79.9. The number of hydrogen-bond donors (Lipinski definition) is 3. The molecule has 0 saturated carbocycles. The van der Waals surface area contributed by atoms with Crippen molar-refractivity contribution >= 4 is 21.7 Å². The molecule has 1 fully saturated rings. The Labute approximate surface area is 109 Å². The van der Waals surface area contributed by atoms with Gasteiger partial charge in [0.2, 0.25) is 4.58 Å². The standard InChI is InChI=1S/C9H11BrFN3O4/c10-9(11)6(16)4(3-15)18-7(9)14-2-1-5(12)13-8(14)17/h1-2,4,6-7,15-16H,3H2,(H2,12,13,17)/t4-,6-,7-,9-/m1/s1. The van der Waals surface area contributed by atoms with E-state index in [1.54, 1.807) is 0 Å². The zero-order chi connectivity index (χ0) is 13.5. The van der Waals surface area contributed by atoms with Gasteiger partial charge in [-0.3, -0.25) is 4.57 Å². The summed E-state index contributed by atoms with van der Waals surface area (Å²) in [4.78, 5) is 15.0. The average molecular weight is 324 g/mol. The molecule has 1 aromatic rings. The molecule has 0 spiro atoms. The first-order chi connectivity index (χ1) is 8.37. The summed E-state index contributed by atoms with van der Waals surface area (Å²) in [5.41, 5.74) is 4.50. The first-order valence-electron chi connectivity index (χ1n) is 5.04. The van der Waals surface area contributed by atoms with Gasteiger partial charge in [0.15, 0.2) is 6.23 Å². The van der Waals surface area contributed by atoms with Crippen LogP contribution in [0, 0.1) is 0 Å². The van der Waals surface area contributed by atoms with Crippen molar-refractivity contribution < 1.29 is 19.3 Å². The smallest absolute Gasteiger partial charge is 0.351 e. The molecule has 9 heteroatoms. The maximum Gasteiger partial charge on any atom is 0.351 e. The molecule has 0 amide bonds. The highest BCUT2D eigenvalue weighted by molar-refractivity contribution is 9.10. The summed E-state index contributed by atoms with van der Waals surface area (Å²) in [6.45, 7) is -0.577. The Hall–Kier alpha value is -1.03. The van der Waals surface area contributed by atoms with E-state index >= 15 is 0 Å². The van der Waals surface area contributed by atoms with E-state index in [1.165, 1.54) is 12.3 Å². The van der Waals surface area contributed by atoms with Crippen LogP contribution >= 0.6 is 15.9 Å². The summed E-state index contributed by atoms with van der Waals surface area (Å²) >= 11 is 2.67. The van der Waals surface area contributed by atoms with Gasteiger partial charge in [-0.05, 0) is 22.0 Å². The maximum absolute atomic E-state index is 14.3. The number of nitrogen functional groups attached to an aromatic ring is 1. The first kappa shape index (κ1) is 13.4. The molecule has 0 aliphatic carbocycles. The van der Waals surface area contributed by atoms with Crippen molar-refractivity contribution in [3.8, 4) is 0 Å². The minimum absolute atomic E-state index is 0.00691. The van der Waals surface area contributed by atoms with Crippen molar-refractivity contribution in [2.75, 3.05) is 12.3 Å². The minimum Gasteiger partial charge on any atom is -0.394 e. The summed E-state index contributed by atoms with van der Waals surface area (Å²) in [6, 6.07) is 1.30. The van der Waals surface area contributed by atoms with Crippen molar-refractivity contribution in [1.29, 1.82) is 0 Å². The monoisotopic (exact) mass is 323 g/mol. The Kier molecular flexibility index (Phi) is 3.41.